The molecule has 13 heavy (non-hydrogen) atoms. The van der Waals surface area contributed by atoms with Crippen LogP contribution in [-0.2, 0) is 0 Å². The fourth-order valence-electron chi connectivity index (χ4n) is 0.856. The second-order valence-electron chi connectivity index (χ2n) is 2.89. The summed E-state index contributed by atoms with van der Waals surface area (Å²) < 4.78 is 0. The molecule has 0 radical (unpaired) electrons. The smallest absolute Gasteiger partial charge is 0.259 e. The van der Waals surface area contributed by atoms with E-state index in [1.165, 1.54) is 11.3 Å². The Morgan fingerprint density at radius 2 is 2.38 bits per heavy atom. The van der Waals surface area contributed by atoms with Crippen LogP contribution in [0.5, 0.6) is 0 Å². The summed E-state index contributed by atoms with van der Waals surface area (Å²) in [5, 5.41) is 4.93. The van der Waals surface area contributed by atoms with Crippen LogP contribution in [0.25, 0.3) is 10.4 Å². The van der Waals surface area contributed by atoms with Gasteiger partial charge in [0.05, 0.1) is 4.88 Å². The predicted molar refractivity (Wildman–Crippen MR) is 51.9 cm³/mol. The minimum absolute atomic E-state index is 0.392. The number of hydrogen-bond donors (Lipinski definition) is 0. The Balaban J connectivity index is 2.91. The van der Waals surface area contributed by atoms with Gasteiger partial charge >= 0.3 is 0 Å². The zero-order chi connectivity index (χ0) is 9.84. The van der Waals surface area contributed by atoms with Gasteiger partial charge in [-0.1, -0.05) is 13.8 Å². The van der Waals surface area contributed by atoms with E-state index in [1.807, 2.05) is 19.2 Å². The largest absolute Gasteiger partial charge is 0.286 e. The quantitative estimate of drug-likeness (QED) is 0.405. The van der Waals surface area contributed by atoms with Crippen molar-refractivity contribution >= 4 is 17.2 Å². The van der Waals surface area contributed by atoms with Crippen LogP contribution in [0.2, 0.25) is 0 Å². The van der Waals surface area contributed by atoms with E-state index in [1.54, 1.807) is 6.07 Å². The van der Waals surface area contributed by atoms with Gasteiger partial charge in [-0.3, -0.25) is 4.79 Å². The van der Waals surface area contributed by atoms with Gasteiger partial charge in [-0.2, -0.15) is 0 Å². The van der Waals surface area contributed by atoms with E-state index in [0.717, 1.165) is 5.56 Å². The lowest BCUT2D eigenvalue weighted by molar-refractivity contribution is 0.100. The molecule has 4 nitrogen and oxygen atoms in total. The fourth-order valence-corrected chi connectivity index (χ4v) is 1.80. The van der Waals surface area contributed by atoms with E-state index in [-0.39, 0.29) is 0 Å². The molecule has 1 amide bonds. The molecule has 0 aliphatic rings. The Kier molecular flexibility index (Phi) is 3.06. The Labute approximate surface area is 79.8 Å². The summed E-state index contributed by atoms with van der Waals surface area (Å²) in [6.45, 7) is 4.09. The number of hydrogen-bond acceptors (Lipinski definition) is 2. The fraction of sp³-hybridized carbons (Fsp3) is 0.375. The average molecular weight is 195 g/mol. The Hall–Kier alpha value is -1.32. The lowest BCUT2D eigenvalue weighted by atomic mass is 10.1. The lowest BCUT2D eigenvalue weighted by Gasteiger charge is -1.96. The maximum atomic E-state index is 11.1. The number of rotatable bonds is 2. The number of azide groups is 1. The van der Waals surface area contributed by atoms with Crippen molar-refractivity contribution in [1.29, 1.82) is 0 Å². The van der Waals surface area contributed by atoms with Gasteiger partial charge < -0.3 is 0 Å². The topological polar surface area (TPSA) is 65.8 Å². The third-order valence-electron chi connectivity index (χ3n) is 1.63. The number of carbonyl (C=O) groups is 1. The van der Waals surface area contributed by atoms with Crippen molar-refractivity contribution in [2.75, 3.05) is 0 Å². The summed E-state index contributed by atoms with van der Waals surface area (Å²) >= 11 is 1.31. The minimum Gasteiger partial charge on any atom is -0.286 e. The van der Waals surface area contributed by atoms with Gasteiger partial charge in [-0.15, -0.1) is 11.3 Å². The van der Waals surface area contributed by atoms with Gasteiger partial charge in [-0.25, -0.2) is 0 Å². The van der Waals surface area contributed by atoms with Crippen LogP contribution in [0.4, 0.5) is 0 Å². The molecule has 1 aromatic rings. The second-order valence-corrected chi connectivity index (χ2v) is 3.80. The third kappa shape index (κ3) is 2.31. The molecule has 0 fully saturated rings. The van der Waals surface area contributed by atoms with E-state index in [0.29, 0.717) is 10.8 Å². The number of amides is 1. The maximum Gasteiger partial charge on any atom is 0.259 e. The van der Waals surface area contributed by atoms with Gasteiger partial charge in [-0.05, 0) is 33.6 Å². The maximum absolute atomic E-state index is 11.1. The predicted octanol–water partition coefficient (Wildman–Crippen LogP) is 3.32. The molecule has 0 atom stereocenters. The first-order valence-corrected chi connectivity index (χ1v) is 4.71. The molecule has 0 N–H and O–H groups in total. The summed E-state index contributed by atoms with van der Waals surface area (Å²) in [5.41, 5.74) is 9.15. The molecule has 0 saturated carbocycles. The summed E-state index contributed by atoms with van der Waals surface area (Å²) in [4.78, 5) is 14.0. The first kappa shape index (κ1) is 9.77. The minimum atomic E-state index is -0.501. The van der Waals surface area contributed by atoms with Crippen LogP contribution in [0.1, 0.15) is 35.0 Å². The monoisotopic (exact) mass is 195 g/mol. The zero-order valence-electron chi connectivity index (χ0n) is 7.39. The Bertz CT molecular complexity index is 363. The number of nitrogens with zero attached hydrogens (tertiary/aromatic N) is 3. The van der Waals surface area contributed by atoms with E-state index in [2.05, 4.69) is 10.0 Å². The SMILES string of the molecule is CC(C)c1csc(C(=O)N=[N+]=[N-])c1. The van der Waals surface area contributed by atoms with Crippen molar-refractivity contribution < 1.29 is 4.79 Å². The van der Waals surface area contributed by atoms with Gasteiger partial charge in [0.1, 0.15) is 0 Å². The highest BCUT2D eigenvalue weighted by Gasteiger charge is 2.08. The highest BCUT2D eigenvalue weighted by molar-refractivity contribution is 7.12. The molecule has 1 heterocycles. The van der Waals surface area contributed by atoms with Crippen LogP contribution < -0.4 is 0 Å². The van der Waals surface area contributed by atoms with Crippen LogP contribution >= 0.6 is 11.3 Å². The molecule has 68 valence electrons. The molecule has 0 aliphatic heterocycles. The second kappa shape index (κ2) is 4.07. The molecule has 0 unspecified atom stereocenters. The molecule has 0 spiro atoms. The van der Waals surface area contributed by atoms with E-state index >= 15 is 0 Å². The van der Waals surface area contributed by atoms with Crippen LogP contribution in [0, 0.1) is 0 Å². The van der Waals surface area contributed by atoms with Crippen LogP contribution in [-0.4, -0.2) is 5.91 Å². The molecule has 0 aliphatic carbocycles. The summed E-state index contributed by atoms with van der Waals surface area (Å²) in [6, 6.07) is 1.77. The molecule has 5 heteroatoms. The highest BCUT2D eigenvalue weighted by Crippen LogP contribution is 2.22. The van der Waals surface area contributed by atoms with Crippen molar-refractivity contribution in [3.05, 3.63) is 32.3 Å². The lowest BCUT2D eigenvalue weighted by Crippen LogP contribution is -1.88. The average Bonchev–Trinajstić information content (AvgIpc) is 2.52. The summed E-state index contributed by atoms with van der Waals surface area (Å²) in [7, 11) is 0. The standard InChI is InChI=1S/C8H9N3OS/c1-5(2)6-3-7(13-4-6)8(12)10-11-9/h3-5H,1-2H3. The summed E-state index contributed by atoms with van der Waals surface area (Å²) in [6.07, 6.45) is 0. The number of carbonyl (C=O) groups excluding carboxylic acids is 1. The molecule has 0 bridgehead atoms. The van der Waals surface area contributed by atoms with Gasteiger partial charge in [0.2, 0.25) is 0 Å². The zero-order valence-corrected chi connectivity index (χ0v) is 8.21. The van der Waals surface area contributed by atoms with Crippen molar-refractivity contribution in [3.8, 4) is 0 Å². The van der Waals surface area contributed by atoms with Crippen LogP contribution in [0.3, 0.4) is 0 Å². The van der Waals surface area contributed by atoms with E-state index < -0.39 is 5.91 Å². The molecule has 1 aromatic heterocycles. The Morgan fingerprint density at radius 3 is 2.85 bits per heavy atom. The van der Waals surface area contributed by atoms with Crippen molar-refractivity contribution in [1.82, 2.24) is 0 Å². The van der Waals surface area contributed by atoms with Crippen molar-refractivity contribution in [2.24, 2.45) is 5.11 Å². The first-order valence-electron chi connectivity index (χ1n) is 3.83. The van der Waals surface area contributed by atoms with Crippen LogP contribution in [0.15, 0.2) is 16.6 Å². The van der Waals surface area contributed by atoms with E-state index in [4.69, 9.17) is 5.53 Å². The molecular formula is C8H9N3OS. The van der Waals surface area contributed by atoms with E-state index in [9.17, 15) is 4.79 Å². The number of thiophene rings is 1. The van der Waals surface area contributed by atoms with Crippen molar-refractivity contribution in [3.63, 3.8) is 0 Å². The third-order valence-corrected chi connectivity index (χ3v) is 2.57. The first-order chi connectivity index (χ1) is 6.15. The Morgan fingerprint density at radius 1 is 1.69 bits per heavy atom. The molecule has 0 aromatic carbocycles. The highest BCUT2D eigenvalue weighted by atomic mass is 32.1. The summed E-state index contributed by atoms with van der Waals surface area (Å²) in [5.74, 6) is -0.108. The van der Waals surface area contributed by atoms with Gasteiger partial charge in [0, 0.05) is 4.91 Å². The van der Waals surface area contributed by atoms with Crippen molar-refractivity contribution in [2.45, 2.75) is 19.8 Å². The van der Waals surface area contributed by atoms with Gasteiger partial charge in [0.15, 0.2) is 0 Å². The molecular weight excluding hydrogens is 186 g/mol. The van der Waals surface area contributed by atoms with Gasteiger partial charge in [0.25, 0.3) is 5.91 Å². The molecule has 0 saturated heterocycles. The molecule has 1 rings (SSSR count). The normalized spacial score (nSPS) is 9.77.